The Hall–Kier alpha value is -5.49. The van der Waals surface area contributed by atoms with E-state index in [1.807, 2.05) is 58.2 Å². The maximum absolute atomic E-state index is 10.6. The molecule has 1 aromatic carbocycles. The molecule has 0 saturated heterocycles. The molecule has 2 heterocycles. The van der Waals surface area contributed by atoms with Gasteiger partial charge in [0, 0.05) is 36.1 Å². The number of hydrogen-bond donors (Lipinski definition) is 15. The Kier molecular flexibility index (Phi) is 30.8. The number of benzene rings is 1. The molecule has 7 atom stereocenters. The number of aromatic amines is 2. The number of para-hydroxylation sites is 1. The van der Waals surface area contributed by atoms with E-state index in [1.165, 1.54) is 13.3 Å². The number of hydrogen-bond acceptors (Lipinski definition) is 14. The summed E-state index contributed by atoms with van der Waals surface area (Å²) in [4.78, 5) is 70.6. The van der Waals surface area contributed by atoms with Crippen LogP contribution in [0.25, 0.3) is 10.9 Å². The molecule has 0 aliphatic rings. The lowest BCUT2D eigenvalue weighted by Crippen LogP contribution is -2.39. The van der Waals surface area contributed by atoms with Crippen molar-refractivity contribution in [2.45, 2.75) is 117 Å². The quantitative estimate of drug-likeness (QED) is 0.0915. The van der Waals surface area contributed by atoms with Crippen LogP contribution >= 0.6 is 0 Å². The molecular formula is C38H67N9O13. The highest BCUT2D eigenvalue weighted by Gasteiger charge is 2.17. The number of nitrogens with one attached hydrogen (secondary N) is 2. The van der Waals surface area contributed by atoms with Crippen LogP contribution in [0.15, 0.2) is 43.0 Å². The Labute approximate surface area is 348 Å². The minimum absolute atomic E-state index is 0.0208. The summed E-state index contributed by atoms with van der Waals surface area (Å²) < 4.78 is 0. The molecule has 342 valence electrons. The van der Waals surface area contributed by atoms with Crippen LogP contribution in [0.5, 0.6) is 0 Å². The van der Waals surface area contributed by atoms with Crippen molar-refractivity contribution < 1.29 is 64.5 Å². The molecule has 22 heteroatoms. The lowest BCUT2D eigenvalue weighted by Gasteiger charge is -2.07. The van der Waals surface area contributed by atoms with Crippen LogP contribution in [0, 0.1) is 17.8 Å². The minimum Gasteiger partial charge on any atom is -0.480 e. The van der Waals surface area contributed by atoms with Crippen LogP contribution in [0.2, 0.25) is 0 Å². The molecule has 0 bridgehead atoms. The van der Waals surface area contributed by atoms with Gasteiger partial charge in [0.05, 0.1) is 18.1 Å². The van der Waals surface area contributed by atoms with E-state index in [1.54, 1.807) is 20.0 Å². The summed E-state index contributed by atoms with van der Waals surface area (Å²) in [6.07, 6.45) is 5.66. The zero-order valence-corrected chi connectivity index (χ0v) is 35.1. The van der Waals surface area contributed by atoms with Gasteiger partial charge in [-0.3, -0.25) is 28.8 Å². The van der Waals surface area contributed by atoms with Gasteiger partial charge in [0.1, 0.15) is 36.3 Å². The zero-order valence-electron chi connectivity index (χ0n) is 35.1. The van der Waals surface area contributed by atoms with Crippen molar-refractivity contribution >= 4 is 46.7 Å². The summed E-state index contributed by atoms with van der Waals surface area (Å²) >= 11 is 0. The second-order valence-corrected chi connectivity index (χ2v) is 14.6. The maximum Gasteiger partial charge on any atom is 0.323 e. The molecule has 0 saturated carbocycles. The number of carboxylic acids is 6. The molecule has 0 aliphatic carbocycles. The monoisotopic (exact) mass is 857 g/mol. The Morgan fingerprint density at radius 1 is 0.583 bits per heavy atom. The van der Waals surface area contributed by atoms with Crippen molar-refractivity contribution in [3.8, 4) is 0 Å². The van der Waals surface area contributed by atoms with Crippen molar-refractivity contribution in [3.63, 3.8) is 0 Å². The van der Waals surface area contributed by atoms with E-state index >= 15 is 0 Å². The third-order valence-corrected chi connectivity index (χ3v) is 7.63. The van der Waals surface area contributed by atoms with Gasteiger partial charge in [0.15, 0.2) is 0 Å². The summed E-state index contributed by atoms with van der Waals surface area (Å²) in [5.41, 5.74) is 33.9. The van der Waals surface area contributed by atoms with E-state index in [2.05, 4.69) is 15.0 Å². The standard InChI is InChI=1S/C11H12N2O2.C6H9N3O2.2C6H13NO2.C5H11NO2.C4H9NO3/c12-9(11(14)15)5-7-6-13-10-4-2-1-3-8(7)10;7-5(6(10)11)1-4-2-8-3-9-4;2*1-4(2)3-5(7)6(8)9;1-3(2)4(6)5(7)8;1-2(6)3(5)4(7)8/h1-4,6,9,13H,5,12H2,(H,14,15);2-3,5H,1,7H2,(H,8,9)(H,10,11);2*4-5H,3,7H2,1-2H3,(H,8,9);3-4H,6H2,1-2H3,(H,7,8);2-3,6H,5H2,1H3,(H,7,8). The normalized spacial score (nSPS) is 13.9. The van der Waals surface area contributed by atoms with Crippen molar-refractivity contribution in [3.05, 3.63) is 54.2 Å². The van der Waals surface area contributed by atoms with E-state index in [0.717, 1.165) is 16.5 Å². The van der Waals surface area contributed by atoms with Crippen LogP contribution < -0.4 is 34.4 Å². The first-order chi connectivity index (χ1) is 27.6. The third-order valence-electron chi connectivity index (χ3n) is 7.63. The van der Waals surface area contributed by atoms with Gasteiger partial charge in [-0.05, 0) is 49.1 Å². The third kappa shape index (κ3) is 28.8. The molecule has 0 fully saturated rings. The van der Waals surface area contributed by atoms with Crippen LogP contribution in [0.4, 0.5) is 0 Å². The fourth-order valence-corrected chi connectivity index (χ4v) is 4.05. The Morgan fingerprint density at radius 2 is 1.00 bits per heavy atom. The van der Waals surface area contributed by atoms with Crippen LogP contribution in [0.1, 0.15) is 72.6 Å². The maximum atomic E-state index is 10.6. The van der Waals surface area contributed by atoms with Crippen LogP contribution in [0.3, 0.4) is 0 Å². The van der Waals surface area contributed by atoms with E-state index in [4.69, 9.17) is 70.1 Å². The van der Waals surface area contributed by atoms with E-state index < -0.39 is 78.2 Å². The predicted molar refractivity (Wildman–Crippen MR) is 223 cm³/mol. The van der Waals surface area contributed by atoms with Gasteiger partial charge < -0.3 is 80.1 Å². The number of nitrogens with zero attached hydrogens (tertiary/aromatic N) is 1. The predicted octanol–water partition coefficient (Wildman–Crippen LogP) is 0.209. The fraction of sp³-hybridized carbons (Fsp3) is 0.553. The smallest absolute Gasteiger partial charge is 0.323 e. The highest BCUT2D eigenvalue weighted by molar-refractivity contribution is 5.84. The number of nitrogens with two attached hydrogens (primary N) is 6. The lowest BCUT2D eigenvalue weighted by atomic mass is 10.1. The number of carboxylic acid groups (broad SMARTS) is 6. The van der Waals surface area contributed by atoms with Gasteiger partial charge in [-0.25, -0.2) is 4.98 Å². The summed E-state index contributed by atoms with van der Waals surface area (Å²) in [5.74, 6) is -5.18. The second kappa shape index (κ2) is 31.4. The minimum atomic E-state index is -1.18. The molecule has 3 rings (SSSR count). The zero-order chi connectivity index (χ0) is 47.4. The first-order valence-electron chi connectivity index (χ1n) is 18.7. The first-order valence-corrected chi connectivity index (χ1v) is 18.7. The number of aromatic nitrogens is 3. The topological polar surface area (TPSA) is 445 Å². The molecule has 2 aromatic heterocycles. The highest BCUT2D eigenvalue weighted by atomic mass is 16.4. The van der Waals surface area contributed by atoms with E-state index in [-0.39, 0.29) is 12.3 Å². The Balaban J connectivity index is -0.000000663. The summed E-state index contributed by atoms with van der Waals surface area (Å²) in [5, 5.41) is 59.6. The van der Waals surface area contributed by atoms with E-state index in [0.29, 0.717) is 36.8 Å². The van der Waals surface area contributed by atoms with Gasteiger partial charge in [-0.2, -0.15) is 0 Å². The number of H-pyrrole nitrogens is 2. The summed E-state index contributed by atoms with van der Waals surface area (Å²) in [6, 6.07) is 2.80. The molecule has 7 unspecified atom stereocenters. The van der Waals surface area contributed by atoms with Crippen molar-refractivity contribution in [1.29, 1.82) is 0 Å². The molecular weight excluding hydrogens is 790 g/mol. The van der Waals surface area contributed by atoms with Crippen molar-refractivity contribution in [1.82, 2.24) is 15.0 Å². The molecule has 3 aromatic rings. The van der Waals surface area contributed by atoms with Gasteiger partial charge in [0.25, 0.3) is 0 Å². The number of carbonyl (C=O) groups is 6. The number of fused-ring (bicyclic) bond motifs is 1. The number of rotatable bonds is 16. The number of aliphatic carboxylic acids is 6. The second-order valence-electron chi connectivity index (χ2n) is 14.6. The SMILES string of the molecule is CC(C)C(N)C(=O)O.CC(C)CC(N)C(=O)O.CC(C)CC(N)C(=O)O.CC(O)C(N)C(=O)O.NC(Cc1c[nH]c2ccccc12)C(=O)O.NC(Cc1c[nH]cn1)C(=O)O. The molecule has 21 N–H and O–H groups in total. The first kappa shape index (κ1) is 58.8. The molecule has 0 aliphatic heterocycles. The van der Waals surface area contributed by atoms with Crippen molar-refractivity contribution in [2.75, 3.05) is 0 Å². The van der Waals surface area contributed by atoms with Crippen LogP contribution in [-0.4, -0.2) is 129 Å². The largest absolute Gasteiger partial charge is 0.480 e. The average Bonchev–Trinajstić information content (AvgIpc) is 3.81. The number of aliphatic hydroxyl groups excluding tert-OH is 1. The van der Waals surface area contributed by atoms with Gasteiger partial charge >= 0.3 is 35.8 Å². The fourth-order valence-electron chi connectivity index (χ4n) is 4.05. The molecule has 22 nitrogen and oxygen atoms in total. The van der Waals surface area contributed by atoms with Gasteiger partial charge in [-0.15, -0.1) is 0 Å². The summed E-state index contributed by atoms with van der Waals surface area (Å²) in [7, 11) is 0. The molecule has 0 spiro atoms. The number of aliphatic hydroxyl groups is 1. The summed E-state index contributed by atoms with van der Waals surface area (Å²) in [6.45, 7) is 12.7. The van der Waals surface area contributed by atoms with Crippen molar-refractivity contribution in [2.24, 2.45) is 52.2 Å². The molecule has 0 radical (unpaired) electrons. The Morgan fingerprint density at radius 3 is 1.28 bits per heavy atom. The number of imidazole rings is 1. The van der Waals surface area contributed by atoms with E-state index in [9.17, 15) is 28.8 Å². The molecule has 60 heavy (non-hydrogen) atoms. The van der Waals surface area contributed by atoms with Gasteiger partial charge in [-0.1, -0.05) is 59.7 Å². The highest BCUT2D eigenvalue weighted by Crippen LogP contribution is 2.18. The lowest BCUT2D eigenvalue weighted by molar-refractivity contribution is -0.141. The van der Waals surface area contributed by atoms with Crippen LogP contribution in [-0.2, 0) is 41.6 Å². The Bertz CT molecular complexity index is 1630. The molecule has 0 amide bonds. The van der Waals surface area contributed by atoms with Gasteiger partial charge in [0.2, 0.25) is 0 Å². The average molecular weight is 858 g/mol.